The van der Waals surface area contributed by atoms with Crippen molar-refractivity contribution in [3.8, 4) is 0 Å². The van der Waals surface area contributed by atoms with E-state index in [1.54, 1.807) is 13.8 Å². The van der Waals surface area contributed by atoms with Crippen molar-refractivity contribution in [3.05, 3.63) is 0 Å². The molecule has 0 spiro atoms. The molecule has 2 heterocycles. The first-order valence-electron chi connectivity index (χ1n) is 8.66. The predicted molar refractivity (Wildman–Crippen MR) is 84.7 cm³/mol. The second-order valence-corrected chi connectivity index (χ2v) is 6.59. The van der Waals surface area contributed by atoms with E-state index in [2.05, 4.69) is 0 Å². The fraction of sp³-hybridized carbons (Fsp3) is 1.00. The molecule has 0 amide bonds. The average Bonchev–Trinajstić information content (AvgIpc) is 2.90. The number of rotatable bonds is 6. The first-order valence-corrected chi connectivity index (χ1v) is 8.66. The summed E-state index contributed by atoms with van der Waals surface area (Å²) >= 11 is 0. The minimum Gasteiger partial charge on any atom is -0.393 e. The Morgan fingerprint density at radius 3 is 1.60 bits per heavy atom. The summed E-state index contributed by atoms with van der Waals surface area (Å²) in [5.41, 5.74) is 0. The number of ether oxygens (including phenoxy) is 5. The minimum absolute atomic E-state index is 0.118. The highest BCUT2D eigenvalue weighted by molar-refractivity contribution is 4.91. The van der Waals surface area contributed by atoms with Crippen LogP contribution in [0.4, 0.5) is 0 Å². The van der Waals surface area contributed by atoms with E-state index in [0.717, 1.165) is 0 Å². The Morgan fingerprint density at radius 2 is 1.24 bits per heavy atom. The van der Waals surface area contributed by atoms with Crippen LogP contribution >= 0.6 is 0 Å². The van der Waals surface area contributed by atoms with Gasteiger partial charge in [0.1, 0.15) is 12.2 Å². The van der Waals surface area contributed by atoms with Crippen molar-refractivity contribution in [1.82, 2.24) is 0 Å². The summed E-state index contributed by atoms with van der Waals surface area (Å²) in [6, 6.07) is 0. The zero-order valence-electron chi connectivity index (χ0n) is 14.8. The predicted octanol–water partition coefficient (Wildman–Crippen LogP) is -1.25. The Hall–Kier alpha value is -0.360. The molecule has 0 saturated carbocycles. The van der Waals surface area contributed by atoms with Gasteiger partial charge in [-0.1, -0.05) is 0 Å². The molecule has 9 heteroatoms. The maximum absolute atomic E-state index is 10.4. The Labute approximate surface area is 147 Å². The van der Waals surface area contributed by atoms with Gasteiger partial charge in [-0.25, -0.2) is 0 Å². The standard InChI is InChI=1S/C16H30O9/c1-11-7-15(13(19)9-17,23-5-3-21-11)25-16(14(20)10-18)8-12(2)22-4-6-24-16/h11-14,17-20H,3-10H2,1-2H3. The fourth-order valence-corrected chi connectivity index (χ4v) is 3.28. The van der Waals surface area contributed by atoms with Gasteiger partial charge in [0, 0.05) is 12.8 Å². The van der Waals surface area contributed by atoms with Crippen LogP contribution in [0.3, 0.4) is 0 Å². The molecule has 2 aliphatic rings. The molecule has 2 saturated heterocycles. The van der Waals surface area contributed by atoms with Crippen molar-refractivity contribution in [2.45, 2.75) is 62.7 Å². The van der Waals surface area contributed by atoms with E-state index in [9.17, 15) is 20.4 Å². The second kappa shape index (κ2) is 9.03. The molecule has 0 aromatic carbocycles. The topological polar surface area (TPSA) is 127 Å². The Morgan fingerprint density at radius 1 is 0.840 bits per heavy atom. The van der Waals surface area contributed by atoms with Gasteiger partial charge in [0.15, 0.2) is 0 Å². The van der Waals surface area contributed by atoms with E-state index in [1.807, 2.05) is 0 Å². The van der Waals surface area contributed by atoms with Gasteiger partial charge in [-0.2, -0.15) is 0 Å². The van der Waals surface area contributed by atoms with Crippen LogP contribution in [0.1, 0.15) is 26.7 Å². The third kappa shape index (κ3) is 4.88. The SMILES string of the molecule is CC1CC(OC2(C(O)CO)CC(C)OCCO2)(C(O)CO)OCCO1. The third-order valence-corrected chi connectivity index (χ3v) is 4.51. The van der Waals surface area contributed by atoms with Gasteiger partial charge < -0.3 is 44.1 Å². The van der Waals surface area contributed by atoms with Crippen LogP contribution < -0.4 is 0 Å². The quantitative estimate of drug-likeness (QED) is 0.456. The molecule has 9 nitrogen and oxygen atoms in total. The molecule has 6 unspecified atom stereocenters. The lowest BCUT2D eigenvalue weighted by Crippen LogP contribution is -2.61. The first kappa shape index (κ1) is 20.9. The maximum Gasteiger partial charge on any atom is 0.202 e. The zero-order chi connectivity index (χ0) is 18.5. The largest absolute Gasteiger partial charge is 0.393 e. The van der Waals surface area contributed by atoms with Gasteiger partial charge in [0.25, 0.3) is 0 Å². The molecule has 0 aromatic heterocycles. The van der Waals surface area contributed by atoms with Gasteiger partial charge in [-0.05, 0) is 13.8 Å². The first-order chi connectivity index (χ1) is 11.9. The van der Waals surface area contributed by atoms with Crippen LogP contribution in [-0.2, 0) is 23.7 Å². The molecular formula is C16H30O9. The van der Waals surface area contributed by atoms with Gasteiger partial charge in [-0.15, -0.1) is 0 Å². The molecule has 6 atom stereocenters. The molecule has 0 aromatic rings. The van der Waals surface area contributed by atoms with E-state index in [1.165, 1.54) is 0 Å². The summed E-state index contributed by atoms with van der Waals surface area (Å²) < 4.78 is 28.6. The number of aliphatic hydroxyl groups is 4. The van der Waals surface area contributed by atoms with Crippen molar-refractivity contribution in [1.29, 1.82) is 0 Å². The third-order valence-electron chi connectivity index (χ3n) is 4.51. The van der Waals surface area contributed by atoms with Crippen molar-refractivity contribution < 1.29 is 44.1 Å². The van der Waals surface area contributed by atoms with E-state index >= 15 is 0 Å². The van der Waals surface area contributed by atoms with E-state index in [4.69, 9.17) is 23.7 Å². The number of hydrogen-bond acceptors (Lipinski definition) is 9. The van der Waals surface area contributed by atoms with E-state index in [-0.39, 0.29) is 38.3 Å². The highest BCUT2D eigenvalue weighted by Gasteiger charge is 2.54. The normalized spacial score (nSPS) is 40.1. The molecular weight excluding hydrogens is 336 g/mol. The van der Waals surface area contributed by atoms with E-state index < -0.39 is 37.0 Å². The average molecular weight is 366 g/mol. The Kier molecular flexibility index (Phi) is 7.56. The van der Waals surface area contributed by atoms with Crippen LogP contribution in [0.5, 0.6) is 0 Å². The summed E-state index contributed by atoms with van der Waals surface area (Å²) in [4.78, 5) is 0. The fourth-order valence-electron chi connectivity index (χ4n) is 3.28. The maximum atomic E-state index is 10.4. The molecule has 2 fully saturated rings. The van der Waals surface area contributed by atoms with Gasteiger partial charge in [0.2, 0.25) is 11.6 Å². The lowest BCUT2D eigenvalue weighted by atomic mass is 9.98. The Balaban J connectivity index is 2.36. The summed E-state index contributed by atoms with van der Waals surface area (Å²) in [5.74, 6) is -3.30. The highest BCUT2D eigenvalue weighted by Crippen LogP contribution is 2.38. The molecule has 4 N–H and O–H groups in total. The molecule has 0 bridgehead atoms. The molecule has 148 valence electrons. The van der Waals surface area contributed by atoms with Crippen molar-refractivity contribution in [2.75, 3.05) is 39.6 Å². The minimum atomic E-state index is -1.65. The number of hydrogen-bond donors (Lipinski definition) is 4. The zero-order valence-corrected chi connectivity index (χ0v) is 14.8. The van der Waals surface area contributed by atoms with Crippen LogP contribution in [-0.4, -0.2) is 96.1 Å². The summed E-state index contributed by atoms with van der Waals surface area (Å²) in [5, 5.41) is 39.9. The van der Waals surface area contributed by atoms with Crippen LogP contribution in [0.2, 0.25) is 0 Å². The summed E-state index contributed by atoms with van der Waals surface area (Å²) in [6.07, 6.45) is -3.16. The van der Waals surface area contributed by atoms with Crippen molar-refractivity contribution in [3.63, 3.8) is 0 Å². The Bertz CT molecular complexity index is 373. The molecule has 0 aliphatic carbocycles. The molecule has 25 heavy (non-hydrogen) atoms. The lowest BCUT2D eigenvalue weighted by Gasteiger charge is -2.46. The summed E-state index contributed by atoms with van der Waals surface area (Å²) in [7, 11) is 0. The summed E-state index contributed by atoms with van der Waals surface area (Å²) in [6.45, 7) is 3.27. The molecule has 0 radical (unpaired) electrons. The monoisotopic (exact) mass is 366 g/mol. The second-order valence-electron chi connectivity index (χ2n) is 6.59. The van der Waals surface area contributed by atoms with Gasteiger partial charge >= 0.3 is 0 Å². The molecule has 2 aliphatic heterocycles. The van der Waals surface area contributed by atoms with Crippen LogP contribution in [0.25, 0.3) is 0 Å². The molecule has 2 rings (SSSR count). The van der Waals surface area contributed by atoms with Crippen molar-refractivity contribution >= 4 is 0 Å². The lowest BCUT2D eigenvalue weighted by molar-refractivity contribution is -0.406. The van der Waals surface area contributed by atoms with Crippen LogP contribution in [0.15, 0.2) is 0 Å². The van der Waals surface area contributed by atoms with Crippen LogP contribution in [0, 0.1) is 0 Å². The van der Waals surface area contributed by atoms with Gasteiger partial charge in [0.05, 0.1) is 51.8 Å². The van der Waals surface area contributed by atoms with Crippen molar-refractivity contribution in [2.24, 2.45) is 0 Å². The smallest absolute Gasteiger partial charge is 0.202 e. The number of aliphatic hydroxyl groups excluding tert-OH is 4. The highest BCUT2D eigenvalue weighted by atomic mass is 16.8. The van der Waals surface area contributed by atoms with Gasteiger partial charge in [-0.3, -0.25) is 0 Å². The van der Waals surface area contributed by atoms with E-state index in [0.29, 0.717) is 13.2 Å².